The van der Waals surface area contributed by atoms with E-state index in [-0.39, 0.29) is 23.4 Å². The lowest BCUT2D eigenvalue weighted by Gasteiger charge is -2.24. The van der Waals surface area contributed by atoms with Crippen molar-refractivity contribution in [1.82, 2.24) is 10.1 Å². The van der Waals surface area contributed by atoms with Crippen molar-refractivity contribution in [3.8, 4) is 11.3 Å². The largest absolute Gasteiger partial charge is 0.381 e. The Morgan fingerprint density at radius 2 is 2.12 bits per heavy atom. The van der Waals surface area contributed by atoms with E-state index in [0.717, 1.165) is 25.9 Å². The predicted molar refractivity (Wildman–Crippen MR) is 84.9 cm³/mol. The van der Waals surface area contributed by atoms with Gasteiger partial charge in [0.15, 0.2) is 11.5 Å². The number of hydrogen-bond donors (Lipinski definition) is 0. The SMILES string of the molecule is O=C(c1cc(-c2ccccc2F)on1)N(C[C@@H]1CCOC1)C1CC1. The average molecular weight is 330 g/mol. The molecule has 1 saturated heterocycles. The van der Waals surface area contributed by atoms with Crippen LogP contribution in [0.2, 0.25) is 0 Å². The monoisotopic (exact) mass is 330 g/mol. The third-order valence-corrected chi connectivity index (χ3v) is 4.60. The number of amides is 1. The van der Waals surface area contributed by atoms with Gasteiger partial charge in [0.25, 0.3) is 5.91 Å². The van der Waals surface area contributed by atoms with Crippen LogP contribution in [-0.2, 0) is 4.74 Å². The first kappa shape index (κ1) is 15.3. The molecule has 2 heterocycles. The molecule has 0 N–H and O–H groups in total. The third kappa shape index (κ3) is 3.06. The normalized spacial score (nSPS) is 20.3. The second-order valence-electron chi connectivity index (χ2n) is 6.47. The molecule has 2 fully saturated rings. The summed E-state index contributed by atoms with van der Waals surface area (Å²) in [6.07, 6.45) is 3.03. The Hall–Kier alpha value is -2.21. The number of carbonyl (C=O) groups excluding carboxylic acids is 1. The molecular weight excluding hydrogens is 311 g/mol. The number of benzene rings is 1. The molecule has 1 aliphatic heterocycles. The van der Waals surface area contributed by atoms with Gasteiger partial charge in [-0.25, -0.2) is 4.39 Å². The lowest BCUT2D eigenvalue weighted by Crippen LogP contribution is -2.37. The summed E-state index contributed by atoms with van der Waals surface area (Å²) < 4.78 is 24.5. The fourth-order valence-corrected chi connectivity index (χ4v) is 3.10. The highest BCUT2D eigenvalue weighted by atomic mass is 19.1. The predicted octanol–water partition coefficient (Wildman–Crippen LogP) is 3.12. The Morgan fingerprint density at radius 1 is 1.29 bits per heavy atom. The van der Waals surface area contributed by atoms with E-state index in [2.05, 4.69) is 5.16 Å². The molecular formula is C18H19FN2O3. The number of halogens is 1. The highest BCUT2D eigenvalue weighted by Crippen LogP contribution is 2.31. The van der Waals surface area contributed by atoms with Crippen molar-refractivity contribution in [1.29, 1.82) is 0 Å². The minimum Gasteiger partial charge on any atom is -0.381 e. The van der Waals surface area contributed by atoms with Gasteiger partial charge in [-0.1, -0.05) is 17.3 Å². The summed E-state index contributed by atoms with van der Waals surface area (Å²) in [4.78, 5) is 14.7. The maximum Gasteiger partial charge on any atom is 0.276 e. The second kappa shape index (κ2) is 6.36. The summed E-state index contributed by atoms with van der Waals surface area (Å²) in [5.74, 6) is 0.120. The summed E-state index contributed by atoms with van der Waals surface area (Å²) in [5.41, 5.74) is 0.547. The second-order valence-corrected chi connectivity index (χ2v) is 6.47. The van der Waals surface area contributed by atoms with Crippen molar-refractivity contribution in [2.24, 2.45) is 5.92 Å². The van der Waals surface area contributed by atoms with E-state index in [1.54, 1.807) is 18.2 Å². The number of nitrogens with zero attached hydrogens (tertiary/aromatic N) is 2. The van der Waals surface area contributed by atoms with Gasteiger partial charge in [-0.2, -0.15) is 0 Å². The molecule has 126 valence electrons. The number of aromatic nitrogens is 1. The molecule has 1 aliphatic carbocycles. The maximum absolute atomic E-state index is 13.9. The quantitative estimate of drug-likeness (QED) is 0.845. The molecule has 0 unspecified atom stereocenters. The molecule has 1 saturated carbocycles. The summed E-state index contributed by atoms with van der Waals surface area (Å²) in [6.45, 7) is 2.15. The van der Waals surface area contributed by atoms with E-state index in [0.29, 0.717) is 24.6 Å². The summed E-state index contributed by atoms with van der Waals surface area (Å²) in [5, 5.41) is 3.88. The number of hydrogen-bond acceptors (Lipinski definition) is 4. The Balaban J connectivity index is 1.54. The molecule has 1 aromatic carbocycles. The zero-order chi connectivity index (χ0) is 16.5. The molecule has 2 aromatic rings. The van der Waals surface area contributed by atoms with E-state index in [9.17, 15) is 9.18 Å². The van der Waals surface area contributed by atoms with Crippen LogP contribution < -0.4 is 0 Å². The highest BCUT2D eigenvalue weighted by molar-refractivity contribution is 5.93. The van der Waals surface area contributed by atoms with Crippen molar-refractivity contribution < 1.29 is 18.4 Å². The van der Waals surface area contributed by atoms with Crippen LogP contribution in [0.5, 0.6) is 0 Å². The van der Waals surface area contributed by atoms with E-state index in [1.807, 2.05) is 4.90 Å². The Bertz CT molecular complexity index is 735. The first-order valence-electron chi connectivity index (χ1n) is 8.32. The first-order valence-corrected chi connectivity index (χ1v) is 8.32. The summed E-state index contributed by atoms with van der Waals surface area (Å²) in [6, 6.07) is 8.11. The molecule has 0 spiro atoms. The van der Waals surface area contributed by atoms with E-state index in [1.165, 1.54) is 12.1 Å². The summed E-state index contributed by atoms with van der Waals surface area (Å²) >= 11 is 0. The van der Waals surface area contributed by atoms with Crippen LogP contribution in [0.1, 0.15) is 29.8 Å². The van der Waals surface area contributed by atoms with E-state index < -0.39 is 5.82 Å². The maximum atomic E-state index is 13.9. The van der Waals surface area contributed by atoms with Crippen molar-refractivity contribution in [3.63, 3.8) is 0 Å². The molecule has 5 nitrogen and oxygen atoms in total. The smallest absolute Gasteiger partial charge is 0.276 e. The molecule has 0 radical (unpaired) electrons. The molecule has 1 amide bonds. The van der Waals surface area contributed by atoms with Crippen LogP contribution in [0.3, 0.4) is 0 Å². The Kier molecular flexibility index (Phi) is 4.06. The fourth-order valence-electron chi connectivity index (χ4n) is 3.10. The zero-order valence-electron chi connectivity index (χ0n) is 13.3. The van der Waals surface area contributed by atoms with Crippen LogP contribution in [-0.4, -0.2) is 41.8 Å². The topological polar surface area (TPSA) is 55.6 Å². The van der Waals surface area contributed by atoms with Crippen molar-refractivity contribution in [3.05, 3.63) is 41.8 Å². The standard InChI is InChI=1S/C18H19FN2O3/c19-15-4-2-1-3-14(15)17-9-16(20-24-17)18(22)21(13-5-6-13)10-12-7-8-23-11-12/h1-4,9,12-13H,5-8,10-11H2/t12-/m0/s1. The number of carbonyl (C=O) groups is 1. The van der Waals surface area contributed by atoms with Crippen molar-refractivity contribution >= 4 is 5.91 Å². The Morgan fingerprint density at radius 3 is 2.83 bits per heavy atom. The minimum absolute atomic E-state index is 0.143. The third-order valence-electron chi connectivity index (χ3n) is 4.60. The van der Waals surface area contributed by atoms with Crippen LogP contribution in [0.4, 0.5) is 4.39 Å². The van der Waals surface area contributed by atoms with Gasteiger partial charge in [0.05, 0.1) is 12.2 Å². The van der Waals surface area contributed by atoms with Crippen LogP contribution in [0.15, 0.2) is 34.9 Å². The molecule has 24 heavy (non-hydrogen) atoms. The van der Waals surface area contributed by atoms with Gasteiger partial charge in [-0.3, -0.25) is 4.79 Å². The summed E-state index contributed by atoms with van der Waals surface area (Å²) in [7, 11) is 0. The van der Waals surface area contributed by atoms with Gasteiger partial charge in [0.2, 0.25) is 0 Å². The van der Waals surface area contributed by atoms with Gasteiger partial charge in [-0.05, 0) is 31.4 Å². The first-order chi connectivity index (χ1) is 11.7. The highest BCUT2D eigenvalue weighted by Gasteiger charge is 2.36. The molecule has 2 aliphatic rings. The van der Waals surface area contributed by atoms with Crippen molar-refractivity contribution in [2.75, 3.05) is 19.8 Å². The lowest BCUT2D eigenvalue weighted by molar-refractivity contribution is 0.0696. The van der Waals surface area contributed by atoms with Crippen molar-refractivity contribution in [2.45, 2.75) is 25.3 Å². The zero-order valence-corrected chi connectivity index (χ0v) is 13.3. The van der Waals surface area contributed by atoms with Gasteiger partial charge in [-0.15, -0.1) is 0 Å². The van der Waals surface area contributed by atoms with Gasteiger partial charge < -0.3 is 14.2 Å². The van der Waals surface area contributed by atoms with Gasteiger partial charge >= 0.3 is 0 Å². The van der Waals surface area contributed by atoms with Crippen LogP contribution >= 0.6 is 0 Å². The molecule has 0 bridgehead atoms. The molecule has 1 atom stereocenters. The molecule has 4 rings (SSSR count). The molecule has 6 heteroatoms. The van der Waals surface area contributed by atoms with E-state index in [4.69, 9.17) is 9.26 Å². The number of ether oxygens (including phenoxy) is 1. The van der Waals surface area contributed by atoms with Crippen LogP contribution in [0.25, 0.3) is 11.3 Å². The average Bonchev–Trinajstić information content (AvgIpc) is 3.10. The van der Waals surface area contributed by atoms with Gasteiger partial charge in [0.1, 0.15) is 5.82 Å². The van der Waals surface area contributed by atoms with Gasteiger partial charge in [0, 0.05) is 31.2 Å². The number of rotatable bonds is 5. The lowest BCUT2D eigenvalue weighted by atomic mass is 10.1. The Labute approximate surface area is 139 Å². The minimum atomic E-state index is -0.394. The van der Waals surface area contributed by atoms with E-state index >= 15 is 0 Å². The fraction of sp³-hybridized carbons (Fsp3) is 0.444. The molecule has 1 aromatic heterocycles. The van der Waals surface area contributed by atoms with Crippen LogP contribution in [0, 0.1) is 11.7 Å².